The van der Waals surface area contributed by atoms with Crippen LogP contribution in [0, 0.1) is 12.3 Å². The van der Waals surface area contributed by atoms with Gasteiger partial charge in [0.2, 0.25) is 5.91 Å². The highest BCUT2D eigenvalue weighted by molar-refractivity contribution is 5.81. The van der Waals surface area contributed by atoms with E-state index in [0.717, 1.165) is 11.4 Å². The SMILES string of the molecule is Cc1cc(CNC(=O)C(C)(C)C)n(C)n1. The first-order chi connectivity index (χ1) is 6.80. The molecule has 15 heavy (non-hydrogen) atoms. The molecular weight excluding hydrogens is 190 g/mol. The highest BCUT2D eigenvalue weighted by Crippen LogP contribution is 2.13. The summed E-state index contributed by atoms with van der Waals surface area (Å²) in [5.41, 5.74) is 1.65. The normalized spacial score (nSPS) is 11.5. The van der Waals surface area contributed by atoms with Gasteiger partial charge in [-0.3, -0.25) is 9.48 Å². The molecule has 0 aromatic carbocycles. The Morgan fingerprint density at radius 2 is 2.13 bits per heavy atom. The van der Waals surface area contributed by atoms with Crippen molar-refractivity contribution in [1.82, 2.24) is 15.1 Å². The van der Waals surface area contributed by atoms with E-state index in [1.165, 1.54) is 0 Å². The van der Waals surface area contributed by atoms with Crippen LogP contribution >= 0.6 is 0 Å². The van der Waals surface area contributed by atoms with Crippen molar-refractivity contribution >= 4 is 5.91 Å². The van der Waals surface area contributed by atoms with Gasteiger partial charge in [-0.05, 0) is 13.0 Å². The van der Waals surface area contributed by atoms with E-state index in [4.69, 9.17) is 0 Å². The lowest BCUT2D eigenvalue weighted by molar-refractivity contribution is -0.128. The highest BCUT2D eigenvalue weighted by Gasteiger charge is 2.20. The lowest BCUT2D eigenvalue weighted by Crippen LogP contribution is -2.34. The van der Waals surface area contributed by atoms with Gasteiger partial charge >= 0.3 is 0 Å². The van der Waals surface area contributed by atoms with Crippen molar-refractivity contribution in [2.24, 2.45) is 12.5 Å². The molecule has 0 spiro atoms. The van der Waals surface area contributed by atoms with Crippen LogP contribution in [-0.2, 0) is 18.4 Å². The van der Waals surface area contributed by atoms with Gasteiger partial charge in [-0.15, -0.1) is 0 Å². The van der Waals surface area contributed by atoms with Crippen LogP contribution in [0.25, 0.3) is 0 Å². The molecule has 4 nitrogen and oxygen atoms in total. The van der Waals surface area contributed by atoms with Crippen LogP contribution in [0.3, 0.4) is 0 Å². The van der Waals surface area contributed by atoms with Crippen LogP contribution < -0.4 is 5.32 Å². The number of nitrogens with zero attached hydrogens (tertiary/aromatic N) is 2. The number of carbonyl (C=O) groups is 1. The molecule has 1 rings (SSSR count). The molecule has 0 aliphatic carbocycles. The van der Waals surface area contributed by atoms with Gasteiger partial charge in [0.15, 0.2) is 0 Å². The van der Waals surface area contributed by atoms with E-state index in [2.05, 4.69) is 10.4 Å². The average Bonchev–Trinajstić information content (AvgIpc) is 2.39. The zero-order valence-corrected chi connectivity index (χ0v) is 10.1. The summed E-state index contributed by atoms with van der Waals surface area (Å²) in [5, 5.41) is 7.11. The van der Waals surface area contributed by atoms with Crippen molar-refractivity contribution in [2.45, 2.75) is 34.2 Å². The standard InChI is InChI=1S/C11H19N3O/c1-8-6-9(14(5)13-8)7-12-10(15)11(2,3)4/h6H,7H2,1-5H3,(H,12,15). The van der Waals surface area contributed by atoms with Crippen LogP contribution in [0.15, 0.2) is 6.07 Å². The van der Waals surface area contributed by atoms with Gasteiger partial charge < -0.3 is 5.32 Å². The zero-order valence-electron chi connectivity index (χ0n) is 10.1. The minimum atomic E-state index is -0.340. The smallest absolute Gasteiger partial charge is 0.225 e. The lowest BCUT2D eigenvalue weighted by atomic mass is 9.96. The Labute approximate surface area is 90.7 Å². The highest BCUT2D eigenvalue weighted by atomic mass is 16.2. The van der Waals surface area contributed by atoms with Crippen LogP contribution in [0.1, 0.15) is 32.2 Å². The third-order valence-corrected chi connectivity index (χ3v) is 2.21. The molecule has 84 valence electrons. The van der Waals surface area contributed by atoms with E-state index in [1.54, 1.807) is 4.68 Å². The summed E-state index contributed by atoms with van der Waals surface area (Å²) >= 11 is 0. The minimum absolute atomic E-state index is 0.0568. The van der Waals surface area contributed by atoms with E-state index in [9.17, 15) is 4.79 Å². The Kier molecular flexibility index (Phi) is 3.17. The maximum Gasteiger partial charge on any atom is 0.225 e. The van der Waals surface area contributed by atoms with Gasteiger partial charge in [-0.2, -0.15) is 5.10 Å². The number of nitrogens with one attached hydrogen (secondary N) is 1. The summed E-state index contributed by atoms with van der Waals surface area (Å²) in [5.74, 6) is 0.0568. The fourth-order valence-corrected chi connectivity index (χ4v) is 1.27. The summed E-state index contributed by atoms with van der Waals surface area (Å²) in [6.07, 6.45) is 0. The van der Waals surface area contributed by atoms with E-state index >= 15 is 0 Å². The second kappa shape index (κ2) is 4.04. The minimum Gasteiger partial charge on any atom is -0.350 e. The molecule has 0 saturated heterocycles. The summed E-state index contributed by atoms with van der Waals surface area (Å²) in [6, 6.07) is 1.98. The second-order valence-corrected chi connectivity index (χ2v) is 4.83. The van der Waals surface area contributed by atoms with Gasteiger partial charge in [0.1, 0.15) is 0 Å². The Morgan fingerprint density at radius 1 is 1.53 bits per heavy atom. The number of rotatable bonds is 2. The molecule has 0 aliphatic heterocycles. The number of hydrogen-bond donors (Lipinski definition) is 1. The Balaban J connectivity index is 2.58. The molecule has 1 aromatic heterocycles. The first-order valence-corrected chi connectivity index (χ1v) is 5.08. The van der Waals surface area contributed by atoms with Crippen molar-refractivity contribution in [3.63, 3.8) is 0 Å². The molecule has 0 radical (unpaired) electrons. The van der Waals surface area contributed by atoms with E-state index < -0.39 is 0 Å². The van der Waals surface area contributed by atoms with Gasteiger partial charge in [0.25, 0.3) is 0 Å². The van der Waals surface area contributed by atoms with Crippen molar-refractivity contribution < 1.29 is 4.79 Å². The summed E-state index contributed by atoms with van der Waals surface area (Å²) in [6.45, 7) is 8.17. The molecule has 1 N–H and O–H groups in total. The molecule has 4 heteroatoms. The Hall–Kier alpha value is -1.32. The molecule has 0 atom stereocenters. The Morgan fingerprint density at radius 3 is 2.53 bits per heavy atom. The van der Waals surface area contributed by atoms with Gasteiger partial charge in [0, 0.05) is 12.5 Å². The molecule has 0 bridgehead atoms. The third kappa shape index (κ3) is 3.08. The van der Waals surface area contributed by atoms with Crippen molar-refractivity contribution in [1.29, 1.82) is 0 Å². The first kappa shape index (κ1) is 11.8. The largest absolute Gasteiger partial charge is 0.350 e. The zero-order chi connectivity index (χ0) is 11.6. The predicted molar refractivity (Wildman–Crippen MR) is 59.2 cm³/mol. The summed E-state index contributed by atoms with van der Waals surface area (Å²) in [4.78, 5) is 11.6. The van der Waals surface area contributed by atoms with E-state index in [1.807, 2.05) is 40.8 Å². The topological polar surface area (TPSA) is 46.9 Å². The predicted octanol–water partition coefficient (Wildman–Crippen LogP) is 1.39. The van der Waals surface area contributed by atoms with E-state index in [0.29, 0.717) is 6.54 Å². The van der Waals surface area contributed by atoms with Crippen molar-refractivity contribution in [3.8, 4) is 0 Å². The average molecular weight is 209 g/mol. The maximum absolute atomic E-state index is 11.6. The third-order valence-electron chi connectivity index (χ3n) is 2.21. The molecule has 0 saturated carbocycles. The van der Waals surface area contributed by atoms with Gasteiger partial charge in [0.05, 0.1) is 17.9 Å². The molecule has 1 heterocycles. The van der Waals surface area contributed by atoms with Gasteiger partial charge in [-0.25, -0.2) is 0 Å². The maximum atomic E-state index is 11.6. The van der Waals surface area contributed by atoms with Crippen molar-refractivity contribution in [3.05, 3.63) is 17.5 Å². The molecule has 1 aromatic rings. The monoisotopic (exact) mass is 209 g/mol. The quantitative estimate of drug-likeness (QED) is 0.800. The van der Waals surface area contributed by atoms with Crippen LogP contribution in [-0.4, -0.2) is 15.7 Å². The Bertz CT molecular complexity index is 360. The van der Waals surface area contributed by atoms with Gasteiger partial charge in [-0.1, -0.05) is 20.8 Å². The molecular formula is C11H19N3O. The van der Waals surface area contributed by atoms with Crippen molar-refractivity contribution in [2.75, 3.05) is 0 Å². The van der Waals surface area contributed by atoms with E-state index in [-0.39, 0.29) is 11.3 Å². The van der Waals surface area contributed by atoms with Crippen LogP contribution in [0.5, 0.6) is 0 Å². The second-order valence-electron chi connectivity index (χ2n) is 4.83. The number of amides is 1. The molecule has 0 fully saturated rings. The molecule has 1 amide bonds. The molecule has 0 aliphatic rings. The summed E-state index contributed by atoms with van der Waals surface area (Å²) < 4.78 is 1.79. The molecule has 0 unspecified atom stereocenters. The number of aryl methyl sites for hydroxylation is 2. The number of carbonyl (C=O) groups excluding carboxylic acids is 1. The van der Waals surface area contributed by atoms with Crippen LogP contribution in [0.2, 0.25) is 0 Å². The number of aromatic nitrogens is 2. The number of hydrogen-bond acceptors (Lipinski definition) is 2. The fourth-order valence-electron chi connectivity index (χ4n) is 1.27. The first-order valence-electron chi connectivity index (χ1n) is 5.08. The van der Waals surface area contributed by atoms with Crippen LogP contribution in [0.4, 0.5) is 0 Å². The lowest BCUT2D eigenvalue weighted by Gasteiger charge is -2.17. The fraction of sp³-hybridized carbons (Fsp3) is 0.636. The summed E-state index contributed by atoms with van der Waals surface area (Å²) in [7, 11) is 1.88.